The first-order chi connectivity index (χ1) is 6.25. The van der Waals surface area contributed by atoms with Gasteiger partial charge in [-0.05, 0) is 6.42 Å². The van der Waals surface area contributed by atoms with Crippen molar-refractivity contribution in [1.82, 2.24) is 0 Å². The number of hydrogen-bond donors (Lipinski definition) is 5. The highest BCUT2D eigenvalue weighted by atomic mass is 32.2. The molecular formula is C8H16O2S4. The maximum absolute atomic E-state index is 10.8. The number of rotatable bonds is 6. The lowest BCUT2D eigenvalue weighted by Gasteiger charge is -2.34. The van der Waals surface area contributed by atoms with Crippen molar-refractivity contribution in [2.45, 2.75) is 40.8 Å². The van der Waals surface area contributed by atoms with Crippen molar-refractivity contribution >= 4 is 56.5 Å². The number of unbranched alkanes of at least 4 members (excludes halogenated alkanes) is 2. The average Bonchev–Trinajstić information content (AvgIpc) is 2.04. The van der Waals surface area contributed by atoms with E-state index >= 15 is 0 Å². The molecule has 0 bridgehead atoms. The minimum atomic E-state index is -1.52. The monoisotopic (exact) mass is 272 g/mol. The van der Waals surface area contributed by atoms with E-state index < -0.39 is 14.1 Å². The molecule has 0 aliphatic carbocycles. The van der Waals surface area contributed by atoms with E-state index in [9.17, 15) is 4.79 Å². The van der Waals surface area contributed by atoms with E-state index in [2.05, 4.69) is 57.4 Å². The molecule has 2 nitrogen and oxygen atoms in total. The second-order valence-corrected chi connectivity index (χ2v) is 6.83. The molecule has 0 saturated heterocycles. The van der Waals surface area contributed by atoms with Gasteiger partial charge < -0.3 is 5.11 Å². The van der Waals surface area contributed by atoms with E-state index in [-0.39, 0.29) is 0 Å². The third kappa shape index (κ3) is 3.79. The highest BCUT2D eigenvalue weighted by Crippen LogP contribution is 2.44. The van der Waals surface area contributed by atoms with E-state index in [0.717, 1.165) is 19.3 Å². The summed E-state index contributed by atoms with van der Waals surface area (Å²) in [7, 11) is 0. The molecule has 0 aromatic carbocycles. The normalized spacial score (nSPS) is 12.9. The van der Waals surface area contributed by atoms with Crippen LogP contribution in [0.1, 0.15) is 32.6 Å². The number of carboxylic acids is 1. The van der Waals surface area contributed by atoms with Crippen LogP contribution < -0.4 is 0 Å². The van der Waals surface area contributed by atoms with Crippen LogP contribution >= 0.6 is 50.5 Å². The van der Waals surface area contributed by atoms with Gasteiger partial charge in [-0.25, -0.2) is 4.79 Å². The Morgan fingerprint density at radius 3 is 2.07 bits per heavy atom. The summed E-state index contributed by atoms with van der Waals surface area (Å²) >= 11 is 16.4. The van der Waals surface area contributed by atoms with Crippen molar-refractivity contribution in [2.75, 3.05) is 0 Å². The minimum absolute atomic E-state index is 0.562. The predicted molar refractivity (Wildman–Crippen MR) is 73.2 cm³/mol. The molecule has 84 valence electrons. The lowest BCUT2D eigenvalue weighted by molar-refractivity contribution is -0.137. The van der Waals surface area contributed by atoms with Crippen molar-refractivity contribution in [3.8, 4) is 0 Å². The van der Waals surface area contributed by atoms with Crippen LogP contribution in [0.3, 0.4) is 0 Å². The van der Waals surface area contributed by atoms with E-state index in [1.165, 1.54) is 0 Å². The van der Waals surface area contributed by atoms with E-state index in [4.69, 9.17) is 5.11 Å². The molecule has 1 N–H and O–H groups in total. The fraction of sp³-hybridized carbons (Fsp3) is 0.875. The van der Waals surface area contributed by atoms with Gasteiger partial charge in [-0.1, -0.05) is 26.2 Å². The Balaban J connectivity index is 4.36. The van der Waals surface area contributed by atoms with Gasteiger partial charge in [0.15, 0.2) is 4.08 Å². The predicted octanol–water partition coefficient (Wildman–Crippen LogP) is 2.76. The zero-order chi connectivity index (χ0) is 11.4. The molecule has 0 unspecified atom stereocenters. The molecule has 0 aromatic rings. The van der Waals surface area contributed by atoms with Gasteiger partial charge in [-0.15, -0.1) is 25.3 Å². The zero-order valence-corrected chi connectivity index (χ0v) is 11.6. The lowest BCUT2D eigenvalue weighted by atomic mass is 10.1. The van der Waals surface area contributed by atoms with Crippen LogP contribution in [0.15, 0.2) is 0 Å². The molecule has 0 aromatic heterocycles. The molecule has 0 saturated carbocycles. The zero-order valence-electron chi connectivity index (χ0n) is 7.97. The second kappa shape index (κ2) is 5.82. The number of hydrogen-bond acceptors (Lipinski definition) is 5. The Hall–Kier alpha value is 0.870. The molecule has 0 atom stereocenters. The van der Waals surface area contributed by atoms with Gasteiger partial charge in [0.2, 0.25) is 0 Å². The molecule has 0 fully saturated rings. The highest BCUT2D eigenvalue weighted by molar-refractivity contribution is 8.09. The topological polar surface area (TPSA) is 37.3 Å². The molecular weight excluding hydrogens is 256 g/mol. The van der Waals surface area contributed by atoms with Crippen molar-refractivity contribution in [3.63, 3.8) is 0 Å². The van der Waals surface area contributed by atoms with Crippen LogP contribution in [0, 0.1) is 0 Å². The lowest BCUT2D eigenvalue weighted by Crippen LogP contribution is -2.43. The van der Waals surface area contributed by atoms with Crippen LogP contribution in [0.25, 0.3) is 0 Å². The molecule has 0 aliphatic heterocycles. The van der Waals surface area contributed by atoms with Gasteiger partial charge >= 0.3 is 5.97 Å². The van der Waals surface area contributed by atoms with Gasteiger partial charge in [-0.2, -0.15) is 25.3 Å². The summed E-state index contributed by atoms with van der Waals surface area (Å²) in [5.74, 6) is -1.12. The SMILES string of the molecule is CCCCCC(S)(S)C(S)(S)C(=O)O. The average molecular weight is 272 g/mol. The van der Waals surface area contributed by atoms with E-state index in [1.807, 2.05) is 0 Å². The largest absolute Gasteiger partial charge is 0.480 e. The molecule has 0 spiro atoms. The fourth-order valence-corrected chi connectivity index (χ4v) is 1.70. The van der Waals surface area contributed by atoms with E-state index in [1.54, 1.807) is 0 Å². The van der Waals surface area contributed by atoms with Gasteiger partial charge in [0.05, 0.1) is 4.08 Å². The number of thiol groups is 4. The van der Waals surface area contributed by atoms with E-state index in [0.29, 0.717) is 6.42 Å². The molecule has 6 heteroatoms. The Morgan fingerprint density at radius 1 is 1.21 bits per heavy atom. The third-order valence-electron chi connectivity index (χ3n) is 1.99. The Kier molecular flexibility index (Phi) is 6.18. The summed E-state index contributed by atoms with van der Waals surface area (Å²) in [6.07, 6.45) is 3.53. The molecule has 0 radical (unpaired) electrons. The summed E-state index contributed by atoms with van der Waals surface area (Å²) in [6.45, 7) is 2.07. The van der Waals surface area contributed by atoms with Crippen LogP contribution in [0.5, 0.6) is 0 Å². The van der Waals surface area contributed by atoms with Crippen molar-refractivity contribution in [2.24, 2.45) is 0 Å². The Bertz CT molecular complexity index is 204. The summed E-state index contributed by atoms with van der Waals surface area (Å²) in [4.78, 5) is 10.8. The Morgan fingerprint density at radius 2 is 1.71 bits per heavy atom. The van der Waals surface area contributed by atoms with Gasteiger partial charge in [0.25, 0.3) is 0 Å². The summed E-state index contributed by atoms with van der Waals surface area (Å²) in [5, 5.41) is 8.88. The molecule has 14 heavy (non-hydrogen) atoms. The van der Waals surface area contributed by atoms with Crippen molar-refractivity contribution in [3.05, 3.63) is 0 Å². The second-order valence-electron chi connectivity index (χ2n) is 3.25. The van der Waals surface area contributed by atoms with Crippen molar-refractivity contribution < 1.29 is 9.90 Å². The minimum Gasteiger partial charge on any atom is -0.480 e. The van der Waals surface area contributed by atoms with Gasteiger partial charge in [0.1, 0.15) is 0 Å². The number of aliphatic carboxylic acids is 1. The first-order valence-electron chi connectivity index (χ1n) is 4.38. The highest BCUT2D eigenvalue weighted by Gasteiger charge is 2.47. The smallest absolute Gasteiger partial charge is 0.331 e. The van der Waals surface area contributed by atoms with Crippen LogP contribution in [-0.2, 0) is 4.79 Å². The summed E-state index contributed by atoms with van der Waals surface area (Å²) < 4.78 is -2.53. The fourth-order valence-electron chi connectivity index (χ4n) is 0.967. The molecule has 0 rings (SSSR count). The summed E-state index contributed by atoms with van der Waals surface area (Å²) in [5.41, 5.74) is 0. The number of carbonyl (C=O) groups is 1. The van der Waals surface area contributed by atoms with Crippen LogP contribution in [-0.4, -0.2) is 19.2 Å². The third-order valence-corrected chi connectivity index (χ3v) is 4.96. The first kappa shape index (κ1) is 14.9. The molecule has 0 aliphatic rings. The molecule has 0 heterocycles. The Labute approximate surface area is 107 Å². The van der Waals surface area contributed by atoms with Crippen LogP contribution in [0.2, 0.25) is 0 Å². The standard InChI is InChI=1S/C8H16O2S4/c1-2-3-4-5-7(11,12)8(13,14)6(9)10/h11-14H,2-5H2,1H3,(H,9,10). The maximum Gasteiger partial charge on any atom is 0.331 e. The molecule has 0 amide bonds. The van der Waals surface area contributed by atoms with Crippen LogP contribution in [0.4, 0.5) is 0 Å². The number of carboxylic acid groups (broad SMARTS) is 1. The quantitative estimate of drug-likeness (QED) is 0.293. The van der Waals surface area contributed by atoms with Crippen molar-refractivity contribution in [1.29, 1.82) is 0 Å². The van der Waals surface area contributed by atoms with Gasteiger partial charge in [0, 0.05) is 0 Å². The first-order valence-corrected chi connectivity index (χ1v) is 6.17. The van der Waals surface area contributed by atoms with Gasteiger partial charge in [-0.3, -0.25) is 0 Å². The maximum atomic E-state index is 10.8. The summed E-state index contributed by atoms with van der Waals surface area (Å²) in [6, 6.07) is 0.